The van der Waals surface area contributed by atoms with Crippen LogP contribution in [-0.2, 0) is 0 Å². The summed E-state index contributed by atoms with van der Waals surface area (Å²) in [5, 5.41) is 19.1. The molecule has 0 saturated carbocycles. The fourth-order valence-corrected chi connectivity index (χ4v) is 3.50. The minimum Gasteiger partial charge on any atom is -0.372 e. The molecular weight excluding hydrogens is 410 g/mol. The lowest BCUT2D eigenvalue weighted by Crippen LogP contribution is -2.29. The Morgan fingerprint density at radius 1 is 0.969 bits per heavy atom. The van der Waals surface area contributed by atoms with E-state index in [4.69, 9.17) is 0 Å². The maximum absolute atomic E-state index is 12.2. The molecule has 10 heteroatoms. The number of anilines is 5. The number of rotatable bonds is 6. The zero-order chi connectivity index (χ0) is 22.3. The van der Waals surface area contributed by atoms with E-state index in [9.17, 15) is 14.9 Å². The molecule has 1 aromatic heterocycles. The monoisotopic (exact) mass is 433 g/mol. The summed E-state index contributed by atoms with van der Waals surface area (Å²) in [6, 6.07) is 14.8. The predicted molar refractivity (Wildman–Crippen MR) is 124 cm³/mol. The Labute approximate surface area is 184 Å². The number of hydrogen-bond acceptors (Lipinski definition) is 7. The molecule has 2 aromatic carbocycles. The average molecular weight is 433 g/mol. The lowest BCUT2D eigenvalue weighted by Gasteiger charge is -2.28. The van der Waals surface area contributed by atoms with E-state index in [1.165, 1.54) is 49.3 Å². The number of nitro groups is 1. The molecule has 0 radical (unpaired) electrons. The fourth-order valence-electron chi connectivity index (χ4n) is 3.50. The summed E-state index contributed by atoms with van der Waals surface area (Å²) in [5.41, 5.74) is 2.23. The Morgan fingerprint density at radius 2 is 1.75 bits per heavy atom. The lowest BCUT2D eigenvalue weighted by molar-refractivity contribution is -0.384. The first kappa shape index (κ1) is 21.0. The first-order valence-corrected chi connectivity index (χ1v) is 10.3. The van der Waals surface area contributed by atoms with Crippen LogP contribution in [0.1, 0.15) is 19.3 Å². The highest BCUT2D eigenvalue weighted by molar-refractivity contribution is 5.99. The normalized spacial score (nSPS) is 13.3. The summed E-state index contributed by atoms with van der Waals surface area (Å²) >= 11 is 0. The molecule has 4 rings (SSSR count). The summed E-state index contributed by atoms with van der Waals surface area (Å²) in [6.45, 7) is 2.17. The molecule has 2 heterocycles. The Morgan fingerprint density at radius 3 is 2.50 bits per heavy atom. The van der Waals surface area contributed by atoms with E-state index in [2.05, 4.69) is 43.0 Å². The number of nitro benzene ring substituents is 1. The van der Waals surface area contributed by atoms with Gasteiger partial charge < -0.3 is 15.5 Å². The molecule has 3 aromatic rings. The van der Waals surface area contributed by atoms with Gasteiger partial charge >= 0.3 is 6.03 Å². The van der Waals surface area contributed by atoms with Crippen molar-refractivity contribution in [3.8, 4) is 0 Å². The predicted octanol–water partition coefficient (Wildman–Crippen LogP) is 4.76. The van der Waals surface area contributed by atoms with Crippen LogP contribution in [-0.4, -0.2) is 34.0 Å². The largest absolute Gasteiger partial charge is 0.372 e. The van der Waals surface area contributed by atoms with Crippen LogP contribution in [0.2, 0.25) is 0 Å². The van der Waals surface area contributed by atoms with Gasteiger partial charge in [-0.15, -0.1) is 0 Å². The number of benzene rings is 2. The van der Waals surface area contributed by atoms with Gasteiger partial charge in [0.25, 0.3) is 5.69 Å². The van der Waals surface area contributed by atoms with E-state index in [1.54, 1.807) is 12.1 Å². The zero-order valence-corrected chi connectivity index (χ0v) is 17.3. The van der Waals surface area contributed by atoms with Crippen LogP contribution in [0.3, 0.4) is 0 Å². The highest BCUT2D eigenvalue weighted by Crippen LogP contribution is 2.23. The summed E-state index contributed by atoms with van der Waals surface area (Å²) in [4.78, 5) is 33.5. The topological polar surface area (TPSA) is 125 Å². The van der Waals surface area contributed by atoms with Crippen molar-refractivity contribution in [2.75, 3.05) is 33.9 Å². The molecule has 1 aliphatic rings. The minimum atomic E-state index is -0.568. The number of amides is 2. The molecule has 3 N–H and O–H groups in total. The van der Waals surface area contributed by atoms with Crippen molar-refractivity contribution in [1.82, 2.24) is 9.97 Å². The summed E-state index contributed by atoms with van der Waals surface area (Å²) in [7, 11) is 0. The standard InChI is InChI=1S/C22H23N7O3/c30-22(25-17-5-4-6-19(15-17)29(31)32)27-20-11-12-23-21(26-20)24-16-7-9-18(10-8-16)28-13-2-1-3-14-28/h4-12,15H,1-3,13-14H2,(H3,23,24,25,26,27,30). The number of nitrogens with zero attached hydrogens (tertiary/aromatic N) is 4. The molecule has 1 saturated heterocycles. The van der Waals surface area contributed by atoms with E-state index in [0.717, 1.165) is 18.8 Å². The van der Waals surface area contributed by atoms with Crippen LogP contribution in [0.15, 0.2) is 60.8 Å². The summed E-state index contributed by atoms with van der Waals surface area (Å²) in [5.74, 6) is 0.624. The van der Waals surface area contributed by atoms with Crippen LogP contribution in [0.4, 0.5) is 39.3 Å². The molecule has 32 heavy (non-hydrogen) atoms. The molecule has 164 valence electrons. The van der Waals surface area contributed by atoms with Gasteiger partial charge in [0.1, 0.15) is 5.82 Å². The molecule has 1 fully saturated rings. The highest BCUT2D eigenvalue weighted by atomic mass is 16.6. The van der Waals surface area contributed by atoms with Crippen molar-refractivity contribution >= 4 is 40.5 Å². The van der Waals surface area contributed by atoms with Gasteiger partial charge in [-0.25, -0.2) is 9.78 Å². The number of hydrogen-bond donors (Lipinski definition) is 3. The van der Waals surface area contributed by atoms with Gasteiger partial charge in [0.15, 0.2) is 0 Å². The molecular formula is C22H23N7O3. The van der Waals surface area contributed by atoms with Crippen LogP contribution < -0.4 is 20.9 Å². The van der Waals surface area contributed by atoms with Gasteiger partial charge in [0.2, 0.25) is 5.95 Å². The second-order valence-electron chi connectivity index (χ2n) is 7.37. The molecule has 0 aliphatic carbocycles. The van der Waals surface area contributed by atoms with Gasteiger partial charge in [0, 0.05) is 48.5 Å². The van der Waals surface area contributed by atoms with Crippen molar-refractivity contribution in [1.29, 1.82) is 0 Å². The third-order valence-electron chi connectivity index (χ3n) is 5.06. The van der Waals surface area contributed by atoms with Crippen LogP contribution in [0.5, 0.6) is 0 Å². The number of aromatic nitrogens is 2. The summed E-state index contributed by atoms with van der Waals surface area (Å²) < 4.78 is 0. The first-order valence-electron chi connectivity index (χ1n) is 10.3. The Kier molecular flexibility index (Phi) is 6.40. The van der Waals surface area contributed by atoms with Crippen LogP contribution in [0.25, 0.3) is 0 Å². The fraction of sp³-hybridized carbons (Fsp3) is 0.227. The highest BCUT2D eigenvalue weighted by Gasteiger charge is 2.11. The number of urea groups is 1. The van der Waals surface area contributed by atoms with E-state index < -0.39 is 11.0 Å². The Balaban J connectivity index is 1.36. The second-order valence-corrected chi connectivity index (χ2v) is 7.37. The van der Waals surface area contributed by atoms with E-state index >= 15 is 0 Å². The van der Waals surface area contributed by atoms with Gasteiger partial charge in [-0.05, 0) is 55.7 Å². The van der Waals surface area contributed by atoms with E-state index in [-0.39, 0.29) is 11.5 Å². The van der Waals surface area contributed by atoms with Crippen molar-refractivity contribution in [3.05, 3.63) is 70.9 Å². The number of nitrogens with one attached hydrogen (secondary N) is 3. The van der Waals surface area contributed by atoms with Gasteiger partial charge in [-0.2, -0.15) is 4.98 Å². The number of carbonyl (C=O) groups excluding carboxylic acids is 1. The summed E-state index contributed by atoms with van der Waals surface area (Å²) in [6.07, 6.45) is 5.27. The van der Waals surface area contributed by atoms with Gasteiger partial charge in [-0.1, -0.05) is 6.07 Å². The smallest absolute Gasteiger partial charge is 0.324 e. The van der Waals surface area contributed by atoms with E-state index in [1.807, 2.05) is 12.1 Å². The number of piperidine rings is 1. The molecule has 2 amide bonds. The van der Waals surface area contributed by atoms with Gasteiger partial charge in [0.05, 0.1) is 4.92 Å². The first-order chi connectivity index (χ1) is 15.6. The third-order valence-corrected chi connectivity index (χ3v) is 5.06. The van der Waals surface area contributed by atoms with E-state index in [0.29, 0.717) is 11.6 Å². The molecule has 10 nitrogen and oxygen atoms in total. The lowest BCUT2D eigenvalue weighted by atomic mass is 10.1. The number of carbonyl (C=O) groups is 1. The maximum atomic E-state index is 12.2. The SMILES string of the molecule is O=C(Nc1cccc([N+](=O)[O-])c1)Nc1ccnc(Nc2ccc(N3CCCCC3)cc2)n1. The van der Waals surface area contributed by atoms with Crippen molar-refractivity contribution in [2.24, 2.45) is 0 Å². The maximum Gasteiger partial charge on any atom is 0.324 e. The van der Waals surface area contributed by atoms with Crippen molar-refractivity contribution < 1.29 is 9.72 Å². The molecule has 0 bridgehead atoms. The minimum absolute atomic E-state index is 0.109. The zero-order valence-electron chi connectivity index (χ0n) is 17.3. The molecule has 0 spiro atoms. The van der Waals surface area contributed by atoms with Crippen LogP contribution in [0, 0.1) is 10.1 Å². The quantitative estimate of drug-likeness (QED) is 0.378. The van der Waals surface area contributed by atoms with Gasteiger partial charge in [-0.3, -0.25) is 15.4 Å². The molecule has 0 unspecified atom stereocenters. The second kappa shape index (κ2) is 9.73. The Bertz CT molecular complexity index is 1100. The van der Waals surface area contributed by atoms with Crippen molar-refractivity contribution in [3.63, 3.8) is 0 Å². The van der Waals surface area contributed by atoms with Crippen LogP contribution >= 0.6 is 0 Å². The average Bonchev–Trinajstić information content (AvgIpc) is 2.80. The third kappa shape index (κ3) is 5.48. The Hall–Kier alpha value is -4.21. The number of non-ortho nitro benzene ring substituents is 1. The molecule has 1 aliphatic heterocycles. The molecule has 0 atom stereocenters. The van der Waals surface area contributed by atoms with Crippen molar-refractivity contribution in [2.45, 2.75) is 19.3 Å².